The molecule has 92 valence electrons. The van der Waals surface area contributed by atoms with E-state index in [0.29, 0.717) is 34.8 Å². The Morgan fingerprint density at radius 1 is 1.28 bits per heavy atom. The van der Waals surface area contributed by atoms with E-state index in [1.807, 2.05) is 0 Å². The van der Waals surface area contributed by atoms with E-state index in [1.165, 1.54) is 17.7 Å². The van der Waals surface area contributed by atoms with Gasteiger partial charge in [0.15, 0.2) is 6.29 Å². The van der Waals surface area contributed by atoms with Gasteiger partial charge >= 0.3 is 0 Å². The Balaban J connectivity index is 2.90. The highest BCUT2D eigenvalue weighted by molar-refractivity contribution is 5.97. The van der Waals surface area contributed by atoms with Crippen LogP contribution in [0.1, 0.15) is 10.4 Å². The molecule has 0 aliphatic rings. The molecule has 5 heteroatoms. The first kappa shape index (κ1) is 12.0. The van der Waals surface area contributed by atoms with Gasteiger partial charge in [-0.2, -0.15) is 0 Å². The number of rotatable bonds is 4. The average Bonchev–Trinajstić information content (AvgIpc) is 2.40. The molecule has 0 fully saturated rings. The molecule has 0 aliphatic carbocycles. The first-order valence-electron chi connectivity index (χ1n) is 5.31. The zero-order chi connectivity index (χ0) is 13.1. The average molecular weight is 245 g/mol. The number of hydrogen-bond acceptors (Lipinski definition) is 4. The van der Waals surface area contributed by atoms with Crippen molar-refractivity contribution in [3.8, 4) is 5.75 Å². The lowest BCUT2D eigenvalue weighted by Crippen LogP contribution is -2.20. The van der Waals surface area contributed by atoms with Gasteiger partial charge in [-0.3, -0.25) is 9.59 Å². The van der Waals surface area contributed by atoms with E-state index in [-0.39, 0.29) is 12.1 Å². The van der Waals surface area contributed by atoms with Gasteiger partial charge in [0.1, 0.15) is 12.0 Å². The van der Waals surface area contributed by atoms with Crippen LogP contribution in [-0.2, 0) is 11.3 Å². The van der Waals surface area contributed by atoms with E-state index in [9.17, 15) is 14.4 Å². The number of hydrogen-bond donors (Lipinski definition) is 0. The molecule has 2 rings (SSSR count). The van der Waals surface area contributed by atoms with E-state index in [0.717, 1.165) is 0 Å². The minimum atomic E-state index is -0.292. The first-order valence-corrected chi connectivity index (χ1v) is 5.31. The largest absolute Gasteiger partial charge is 0.497 e. The normalized spacial score (nSPS) is 10.3. The first-order chi connectivity index (χ1) is 8.71. The van der Waals surface area contributed by atoms with Crippen LogP contribution < -0.4 is 10.3 Å². The molecule has 0 atom stereocenters. The summed E-state index contributed by atoms with van der Waals surface area (Å²) >= 11 is 0. The highest BCUT2D eigenvalue weighted by Crippen LogP contribution is 2.23. The molecule has 0 unspecified atom stereocenters. The molecule has 0 N–H and O–H groups in total. The second-order valence-corrected chi connectivity index (χ2v) is 3.72. The number of ether oxygens (including phenoxy) is 1. The van der Waals surface area contributed by atoms with Crippen LogP contribution in [0.4, 0.5) is 0 Å². The van der Waals surface area contributed by atoms with E-state index in [1.54, 1.807) is 18.2 Å². The number of aromatic nitrogens is 1. The molecule has 0 amide bonds. The van der Waals surface area contributed by atoms with E-state index in [4.69, 9.17) is 4.74 Å². The Kier molecular flexibility index (Phi) is 3.23. The number of carbonyl (C=O) groups is 2. The SMILES string of the molecule is COc1cc(C=O)c2ccc(=O)n(CC=O)c2c1. The maximum atomic E-state index is 11.7. The van der Waals surface area contributed by atoms with Crippen LogP contribution in [-0.4, -0.2) is 24.2 Å². The molecule has 5 nitrogen and oxygen atoms in total. The lowest BCUT2D eigenvalue weighted by molar-refractivity contribution is -0.108. The fourth-order valence-electron chi connectivity index (χ4n) is 1.88. The predicted molar refractivity (Wildman–Crippen MR) is 66.2 cm³/mol. The van der Waals surface area contributed by atoms with Crippen LogP contribution in [0.5, 0.6) is 5.75 Å². The molecule has 0 saturated carbocycles. The van der Waals surface area contributed by atoms with Gasteiger partial charge in [0, 0.05) is 23.1 Å². The van der Waals surface area contributed by atoms with Crippen LogP contribution >= 0.6 is 0 Å². The van der Waals surface area contributed by atoms with Crippen molar-refractivity contribution in [1.29, 1.82) is 0 Å². The van der Waals surface area contributed by atoms with Crippen LogP contribution in [0.2, 0.25) is 0 Å². The Hall–Kier alpha value is -2.43. The van der Waals surface area contributed by atoms with Gasteiger partial charge in [-0.05, 0) is 12.1 Å². The summed E-state index contributed by atoms with van der Waals surface area (Å²) in [6.45, 7) is -0.0539. The van der Waals surface area contributed by atoms with Crippen LogP contribution in [0, 0.1) is 0 Å². The molecule has 1 aromatic carbocycles. The minimum absolute atomic E-state index is 0.0539. The van der Waals surface area contributed by atoms with Crippen molar-refractivity contribution in [2.45, 2.75) is 6.54 Å². The lowest BCUT2D eigenvalue weighted by atomic mass is 10.1. The zero-order valence-corrected chi connectivity index (χ0v) is 9.75. The third-order valence-electron chi connectivity index (χ3n) is 2.73. The lowest BCUT2D eigenvalue weighted by Gasteiger charge is -2.10. The van der Waals surface area contributed by atoms with Crippen LogP contribution in [0.15, 0.2) is 29.1 Å². The number of pyridine rings is 1. The van der Waals surface area contributed by atoms with Crippen molar-refractivity contribution in [3.63, 3.8) is 0 Å². The van der Waals surface area contributed by atoms with E-state index in [2.05, 4.69) is 0 Å². The topological polar surface area (TPSA) is 65.4 Å². The smallest absolute Gasteiger partial charge is 0.251 e. The molecule has 0 aliphatic heterocycles. The monoisotopic (exact) mass is 245 g/mol. The number of aldehydes is 2. The summed E-state index contributed by atoms with van der Waals surface area (Å²) in [5, 5.41) is 0.618. The molecule has 0 bridgehead atoms. The fourth-order valence-corrected chi connectivity index (χ4v) is 1.88. The summed E-state index contributed by atoms with van der Waals surface area (Å²) in [7, 11) is 1.47. The zero-order valence-electron chi connectivity index (χ0n) is 9.75. The molecule has 2 aromatic rings. The Labute approximate surface area is 103 Å². The molecule has 1 aromatic heterocycles. The Morgan fingerprint density at radius 3 is 2.67 bits per heavy atom. The second-order valence-electron chi connectivity index (χ2n) is 3.72. The quantitative estimate of drug-likeness (QED) is 0.754. The standard InChI is InChI=1S/C13H11NO4/c1-18-10-6-9(8-16)11-2-3-13(17)14(4-5-15)12(11)7-10/h2-3,5-8H,4H2,1H3. The highest BCUT2D eigenvalue weighted by atomic mass is 16.5. The van der Waals surface area contributed by atoms with E-state index >= 15 is 0 Å². The van der Waals surface area contributed by atoms with E-state index < -0.39 is 0 Å². The molecular formula is C13H11NO4. The van der Waals surface area contributed by atoms with Crippen molar-refractivity contribution in [3.05, 3.63) is 40.2 Å². The van der Waals surface area contributed by atoms with Gasteiger partial charge in [-0.25, -0.2) is 0 Å². The summed E-state index contributed by atoms with van der Waals surface area (Å²) < 4.78 is 6.38. The third kappa shape index (κ3) is 1.90. The number of carbonyl (C=O) groups excluding carboxylic acids is 2. The van der Waals surface area contributed by atoms with Crippen LogP contribution in [0.3, 0.4) is 0 Å². The summed E-state index contributed by atoms with van der Waals surface area (Å²) in [4.78, 5) is 33.3. The highest BCUT2D eigenvalue weighted by Gasteiger charge is 2.08. The molecule has 1 heterocycles. The maximum absolute atomic E-state index is 11.7. The second kappa shape index (κ2) is 4.83. The molecule has 0 saturated heterocycles. The van der Waals surface area contributed by atoms with Crippen molar-refractivity contribution >= 4 is 23.5 Å². The number of nitrogens with zero attached hydrogens (tertiary/aromatic N) is 1. The maximum Gasteiger partial charge on any atom is 0.251 e. The van der Waals surface area contributed by atoms with Gasteiger partial charge in [0.05, 0.1) is 19.2 Å². The van der Waals surface area contributed by atoms with Gasteiger partial charge in [-0.1, -0.05) is 0 Å². The molecule has 18 heavy (non-hydrogen) atoms. The van der Waals surface area contributed by atoms with Gasteiger partial charge < -0.3 is 14.1 Å². The van der Waals surface area contributed by atoms with Gasteiger partial charge in [0.25, 0.3) is 5.56 Å². The summed E-state index contributed by atoms with van der Waals surface area (Å²) in [6.07, 6.45) is 1.33. The minimum Gasteiger partial charge on any atom is -0.497 e. The van der Waals surface area contributed by atoms with Crippen molar-refractivity contribution in [2.75, 3.05) is 7.11 Å². The number of fused-ring (bicyclic) bond motifs is 1. The Bertz CT molecular complexity index is 672. The molecule has 0 spiro atoms. The Morgan fingerprint density at radius 2 is 2.06 bits per heavy atom. The van der Waals surface area contributed by atoms with Crippen molar-refractivity contribution in [2.24, 2.45) is 0 Å². The van der Waals surface area contributed by atoms with Crippen molar-refractivity contribution in [1.82, 2.24) is 4.57 Å². The van der Waals surface area contributed by atoms with Crippen molar-refractivity contribution < 1.29 is 14.3 Å². The van der Waals surface area contributed by atoms with Gasteiger partial charge in [0.2, 0.25) is 0 Å². The summed E-state index contributed by atoms with van der Waals surface area (Å²) in [5.41, 5.74) is 0.639. The summed E-state index contributed by atoms with van der Waals surface area (Å²) in [5.74, 6) is 0.467. The number of benzene rings is 1. The predicted octanol–water partition coefficient (Wildman–Crippen LogP) is 1.02. The fraction of sp³-hybridized carbons (Fsp3) is 0.154. The number of methoxy groups -OCH3 is 1. The third-order valence-corrected chi connectivity index (χ3v) is 2.73. The molecular weight excluding hydrogens is 234 g/mol. The van der Waals surface area contributed by atoms with Gasteiger partial charge in [-0.15, -0.1) is 0 Å². The molecule has 0 radical (unpaired) electrons. The summed E-state index contributed by atoms with van der Waals surface area (Å²) in [6, 6.07) is 6.13. The van der Waals surface area contributed by atoms with Crippen LogP contribution in [0.25, 0.3) is 10.9 Å².